The summed E-state index contributed by atoms with van der Waals surface area (Å²) in [7, 11) is 0. The molecule has 0 saturated carbocycles. The van der Waals surface area contributed by atoms with Crippen molar-refractivity contribution in [3.8, 4) is 0 Å². The van der Waals surface area contributed by atoms with Crippen LogP contribution in [0.3, 0.4) is 0 Å². The molecular weight excluding hydrogens is 244 g/mol. The predicted molar refractivity (Wildman–Crippen MR) is 67.9 cm³/mol. The second-order valence-corrected chi connectivity index (χ2v) is 4.10. The molecule has 5 heteroatoms. The van der Waals surface area contributed by atoms with Crippen LogP contribution in [0.25, 0.3) is 0 Å². The van der Waals surface area contributed by atoms with Crippen LogP contribution in [0.2, 0.25) is 0 Å². The third-order valence-corrected chi connectivity index (χ3v) is 2.88. The molecule has 0 aliphatic rings. The molecular formula is C11H10O3S2. The number of carbonyl (C=O) groups excluding carboxylic acids is 1. The summed E-state index contributed by atoms with van der Waals surface area (Å²) in [6.45, 7) is 0. The van der Waals surface area contributed by atoms with Crippen LogP contribution in [0.1, 0.15) is 12.0 Å². The topological polar surface area (TPSA) is 54.4 Å². The van der Waals surface area contributed by atoms with Gasteiger partial charge in [0.05, 0.1) is 12.3 Å². The Morgan fingerprint density at radius 2 is 1.88 bits per heavy atom. The molecule has 84 valence electrons. The highest BCUT2D eigenvalue weighted by Gasteiger charge is 2.24. The van der Waals surface area contributed by atoms with E-state index in [-0.39, 0.29) is 6.42 Å². The number of carboxylic acids is 1. The number of hydrogen-bond donors (Lipinski definition) is 2. The normalized spacial score (nSPS) is 11.8. The van der Waals surface area contributed by atoms with Crippen molar-refractivity contribution in [1.29, 1.82) is 0 Å². The van der Waals surface area contributed by atoms with Crippen molar-refractivity contribution >= 4 is 40.8 Å². The molecule has 0 radical (unpaired) electrons. The summed E-state index contributed by atoms with van der Waals surface area (Å²) in [6, 6.07) is 8.87. The number of carboxylic acid groups (broad SMARTS) is 1. The Kier molecular flexibility index (Phi) is 4.64. The lowest BCUT2D eigenvalue weighted by Crippen LogP contribution is -2.23. The van der Waals surface area contributed by atoms with E-state index in [9.17, 15) is 9.59 Å². The lowest BCUT2D eigenvalue weighted by Gasteiger charge is -2.12. The van der Waals surface area contributed by atoms with E-state index in [4.69, 9.17) is 17.3 Å². The van der Waals surface area contributed by atoms with Crippen LogP contribution in [0.4, 0.5) is 0 Å². The molecule has 3 nitrogen and oxygen atoms in total. The average Bonchev–Trinajstić information content (AvgIpc) is 2.25. The Bertz CT molecular complexity index is 414. The smallest absolute Gasteiger partial charge is 0.304 e. The fraction of sp³-hybridized carbons (Fsp3) is 0.182. The molecule has 0 aliphatic heterocycles. The summed E-state index contributed by atoms with van der Waals surface area (Å²) in [5.74, 6) is -1.91. The number of thiol groups is 1. The largest absolute Gasteiger partial charge is 0.481 e. The van der Waals surface area contributed by atoms with Gasteiger partial charge in [-0.2, -0.15) is 0 Å². The first-order valence-corrected chi connectivity index (χ1v) is 5.41. The van der Waals surface area contributed by atoms with Gasteiger partial charge in [0.15, 0.2) is 5.12 Å². The Labute approximate surface area is 104 Å². The molecule has 0 aliphatic carbocycles. The van der Waals surface area contributed by atoms with Crippen LogP contribution in [-0.4, -0.2) is 21.1 Å². The van der Waals surface area contributed by atoms with Crippen molar-refractivity contribution in [2.45, 2.75) is 6.42 Å². The van der Waals surface area contributed by atoms with E-state index in [1.165, 1.54) is 0 Å². The van der Waals surface area contributed by atoms with Gasteiger partial charge in [-0.3, -0.25) is 9.59 Å². The molecule has 16 heavy (non-hydrogen) atoms. The lowest BCUT2D eigenvalue weighted by molar-refractivity contribution is -0.138. The lowest BCUT2D eigenvalue weighted by atomic mass is 9.97. The van der Waals surface area contributed by atoms with Crippen molar-refractivity contribution in [1.82, 2.24) is 0 Å². The summed E-state index contributed by atoms with van der Waals surface area (Å²) in [6.07, 6.45) is -0.323. The van der Waals surface area contributed by atoms with Crippen LogP contribution < -0.4 is 0 Å². The van der Waals surface area contributed by atoms with E-state index >= 15 is 0 Å². The van der Waals surface area contributed by atoms with E-state index < -0.39 is 17.0 Å². The summed E-state index contributed by atoms with van der Waals surface area (Å²) in [5, 5.41) is 8.17. The summed E-state index contributed by atoms with van der Waals surface area (Å²) in [4.78, 5) is 22.1. The van der Waals surface area contributed by atoms with E-state index in [0.29, 0.717) is 10.4 Å². The molecule has 0 aromatic heterocycles. The first kappa shape index (κ1) is 12.9. The third kappa shape index (κ3) is 3.43. The minimum atomic E-state index is -1.06. The van der Waals surface area contributed by atoms with E-state index in [1.54, 1.807) is 24.3 Å². The van der Waals surface area contributed by atoms with Gasteiger partial charge in [0.25, 0.3) is 0 Å². The Morgan fingerprint density at radius 3 is 2.31 bits per heavy atom. The van der Waals surface area contributed by atoms with E-state index in [1.807, 2.05) is 6.07 Å². The monoisotopic (exact) mass is 254 g/mol. The fourth-order valence-corrected chi connectivity index (χ4v) is 1.90. The molecule has 0 spiro atoms. The van der Waals surface area contributed by atoms with E-state index in [0.717, 1.165) is 0 Å². The summed E-state index contributed by atoms with van der Waals surface area (Å²) < 4.78 is 0. The number of benzene rings is 1. The summed E-state index contributed by atoms with van der Waals surface area (Å²) in [5.41, 5.74) is 0.686. The number of carbonyl (C=O) groups is 2. The molecule has 0 saturated heterocycles. The molecule has 1 aromatic rings. The fourth-order valence-electron chi connectivity index (χ4n) is 1.27. The number of rotatable bonds is 5. The zero-order chi connectivity index (χ0) is 12.1. The van der Waals surface area contributed by atoms with Crippen LogP contribution >= 0.6 is 24.8 Å². The van der Waals surface area contributed by atoms with Gasteiger partial charge in [-0.15, -0.1) is 12.6 Å². The SMILES string of the molecule is O=C(O)CC(C(=O)S)C(=S)c1ccccc1. The minimum Gasteiger partial charge on any atom is -0.481 e. The Balaban J connectivity index is 2.92. The number of thiocarbonyl (C=S) groups is 1. The van der Waals surface area contributed by atoms with Crippen molar-refractivity contribution in [2.75, 3.05) is 0 Å². The zero-order valence-corrected chi connectivity index (χ0v) is 10.0. The number of hydrogen-bond acceptors (Lipinski definition) is 3. The Morgan fingerprint density at radius 1 is 1.31 bits per heavy atom. The summed E-state index contributed by atoms with van der Waals surface area (Å²) >= 11 is 8.77. The third-order valence-electron chi connectivity index (χ3n) is 2.05. The van der Waals surface area contributed by atoms with Gasteiger partial charge in [-0.25, -0.2) is 0 Å². The highest BCUT2D eigenvalue weighted by molar-refractivity contribution is 7.97. The molecule has 0 amide bonds. The second-order valence-electron chi connectivity index (χ2n) is 3.22. The quantitative estimate of drug-likeness (QED) is 0.479. The first-order valence-electron chi connectivity index (χ1n) is 4.56. The van der Waals surface area contributed by atoms with Gasteiger partial charge in [-0.1, -0.05) is 42.5 Å². The molecule has 1 aromatic carbocycles. The van der Waals surface area contributed by atoms with Gasteiger partial charge in [0.1, 0.15) is 0 Å². The number of aliphatic carboxylic acids is 1. The zero-order valence-electron chi connectivity index (χ0n) is 8.29. The van der Waals surface area contributed by atoms with Gasteiger partial charge in [0.2, 0.25) is 0 Å². The first-order chi connectivity index (χ1) is 7.52. The minimum absolute atomic E-state index is 0.322. The maximum Gasteiger partial charge on any atom is 0.304 e. The highest BCUT2D eigenvalue weighted by Crippen LogP contribution is 2.16. The second kappa shape index (κ2) is 5.77. The average molecular weight is 254 g/mol. The molecule has 0 fully saturated rings. The molecule has 1 N–H and O–H groups in total. The molecule has 0 heterocycles. The molecule has 1 rings (SSSR count). The van der Waals surface area contributed by atoms with Crippen LogP contribution in [0.15, 0.2) is 30.3 Å². The Hall–Kier alpha value is -1.20. The predicted octanol–water partition coefficient (Wildman–Crippen LogP) is 1.95. The van der Waals surface area contributed by atoms with Crippen molar-refractivity contribution < 1.29 is 14.7 Å². The van der Waals surface area contributed by atoms with Gasteiger partial charge >= 0.3 is 5.97 Å². The van der Waals surface area contributed by atoms with Gasteiger partial charge in [0, 0.05) is 4.86 Å². The van der Waals surface area contributed by atoms with Crippen LogP contribution in [-0.2, 0) is 9.59 Å². The van der Waals surface area contributed by atoms with Crippen molar-refractivity contribution in [3.05, 3.63) is 35.9 Å². The molecule has 1 unspecified atom stereocenters. The molecule has 1 atom stereocenters. The van der Waals surface area contributed by atoms with Gasteiger partial charge < -0.3 is 5.11 Å². The highest BCUT2D eigenvalue weighted by atomic mass is 32.1. The standard InChI is InChI=1S/C11H10O3S2/c12-9(13)6-8(11(14)16)10(15)7-4-2-1-3-5-7/h1-5,8H,6H2,(H,12,13)(H,14,16). The van der Waals surface area contributed by atoms with Crippen molar-refractivity contribution in [3.63, 3.8) is 0 Å². The van der Waals surface area contributed by atoms with Crippen molar-refractivity contribution in [2.24, 2.45) is 5.92 Å². The van der Waals surface area contributed by atoms with Gasteiger partial charge in [-0.05, 0) is 5.56 Å². The maximum absolute atomic E-state index is 11.2. The molecule has 0 bridgehead atoms. The maximum atomic E-state index is 11.2. The van der Waals surface area contributed by atoms with Crippen LogP contribution in [0, 0.1) is 5.92 Å². The van der Waals surface area contributed by atoms with E-state index in [2.05, 4.69) is 12.6 Å². The van der Waals surface area contributed by atoms with Crippen LogP contribution in [0.5, 0.6) is 0 Å².